The molecular weight excluding hydrogens is 390 g/mol. The summed E-state index contributed by atoms with van der Waals surface area (Å²) in [6, 6.07) is 14.5. The number of aromatic nitrogens is 1. The van der Waals surface area contributed by atoms with Gasteiger partial charge < -0.3 is 4.57 Å². The first-order chi connectivity index (χ1) is 14.7. The third-order valence-electron chi connectivity index (χ3n) is 5.25. The maximum atomic E-state index is 13.2. The molecule has 6 heteroatoms. The highest BCUT2D eigenvalue weighted by Crippen LogP contribution is 2.25. The molecule has 0 bridgehead atoms. The molecular formula is C25H23N3O3. The molecule has 0 spiro atoms. The Morgan fingerprint density at radius 3 is 2.23 bits per heavy atom. The zero-order chi connectivity index (χ0) is 22.3. The first kappa shape index (κ1) is 20.3. The van der Waals surface area contributed by atoms with Crippen molar-refractivity contribution in [1.29, 1.82) is 0 Å². The first-order valence-electron chi connectivity index (χ1n) is 9.99. The fourth-order valence-electron chi connectivity index (χ4n) is 3.93. The number of hydrogen-bond acceptors (Lipinski definition) is 3. The molecule has 156 valence electrons. The topological polar surface area (TPSA) is 71.4 Å². The van der Waals surface area contributed by atoms with E-state index in [0.717, 1.165) is 32.8 Å². The highest BCUT2D eigenvalue weighted by molar-refractivity contribution is 6.39. The van der Waals surface area contributed by atoms with Gasteiger partial charge in [-0.2, -0.15) is 0 Å². The van der Waals surface area contributed by atoms with E-state index < -0.39 is 17.8 Å². The van der Waals surface area contributed by atoms with Gasteiger partial charge in [-0.05, 0) is 80.8 Å². The lowest BCUT2D eigenvalue weighted by molar-refractivity contribution is -0.122. The number of urea groups is 1. The molecule has 1 aliphatic heterocycles. The second-order valence-corrected chi connectivity index (χ2v) is 7.90. The van der Waals surface area contributed by atoms with Gasteiger partial charge in [0.05, 0.1) is 5.69 Å². The Labute approximate surface area is 180 Å². The molecule has 1 N–H and O–H groups in total. The number of imide groups is 2. The molecule has 1 aromatic heterocycles. The number of amides is 4. The lowest BCUT2D eigenvalue weighted by Gasteiger charge is -2.27. The molecule has 2 aromatic carbocycles. The van der Waals surface area contributed by atoms with Crippen LogP contribution in [0.15, 0.2) is 60.3 Å². The van der Waals surface area contributed by atoms with Gasteiger partial charge in [0.2, 0.25) is 0 Å². The van der Waals surface area contributed by atoms with Gasteiger partial charge >= 0.3 is 6.03 Å². The molecule has 6 nitrogen and oxygen atoms in total. The number of benzene rings is 2. The second kappa shape index (κ2) is 7.72. The molecule has 3 aromatic rings. The Bertz CT molecular complexity index is 1250. The smallest absolute Gasteiger partial charge is 0.317 e. The molecule has 0 radical (unpaired) electrons. The number of hydrogen-bond donors (Lipinski definition) is 1. The third kappa shape index (κ3) is 3.80. The van der Waals surface area contributed by atoms with E-state index in [1.165, 1.54) is 6.08 Å². The number of nitrogens with one attached hydrogen (secondary N) is 1. The lowest BCUT2D eigenvalue weighted by Crippen LogP contribution is -2.54. The summed E-state index contributed by atoms with van der Waals surface area (Å²) in [5, 5.41) is 2.29. The third-order valence-corrected chi connectivity index (χ3v) is 5.25. The van der Waals surface area contributed by atoms with Gasteiger partial charge in [-0.3, -0.25) is 14.9 Å². The van der Waals surface area contributed by atoms with Crippen LogP contribution in [0.2, 0.25) is 0 Å². The van der Waals surface area contributed by atoms with Gasteiger partial charge in [-0.15, -0.1) is 0 Å². The number of carbonyl (C=O) groups is 3. The highest BCUT2D eigenvalue weighted by Gasteiger charge is 2.37. The Morgan fingerprint density at radius 1 is 0.839 bits per heavy atom. The van der Waals surface area contributed by atoms with Gasteiger partial charge in [0.1, 0.15) is 5.57 Å². The van der Waals surface area contributed by atoms with Crippen LogP contribution < -0.4 is 10.2 Å². The summed E-state index contributed by atoms with van der Waals surface area (Å²) in [6.07, 6.45) is 3.40. The van der Waals surface area contributed by atoms with Crippen molar-refractivity contribution in [2.45, 2.75) is 27.7 Å². The first-order valence-corrected chi connectivity index (χ1v) is 9.99. The van der Waals surface area contributed by atoms with Gasteiger partial charge in [0.15, 0.2) is 0 Å². The summed E-state index contributed by atoms with van der Waals surface area (Å²) < 4.78 is 1.92. The van der Waals surface area contributed by atoms with Crippen LogP contribution in [0.3, 0.4) is 0 Å². The second-order valence-electron chi connectivity index (χ2n) is 7.90. The van der Waals surface area contributed by atoms with Crippen LogP contribution >= 0.6 is 0 Å². The molecule has 2 heterocycles. The normalized spacial score (nSPS) is 15.5. The van der Waals surface area contributed by atoms with Crippen molar-refractivity contribution in [2.75, 3.05) is 4.90 Å². The maximum Gasteiger partial charge on any atom is 0.335 e. The van der Waals surface area contributed by atoms with Crippen LogP contribution in [0.1, 0.15) is 27.9 Å². The van der Waals surface area contributed by atoms with E-state index in [9.17, 15) is 14.4 Å². The molecule has 31 heavy (non-hydrogen) atoms. The Morgan fingerprint density at radius 2 is 1.55 bits per heavy atom. The predicted octanol–water partition coefficient (Wildman–Crippen LogP) is 4.38. The Hall–Kier alpha value is -3.93. The summed E-state index contributed by atoms with van der Waals surface area (Å²) in [5.41, 5.74) is 6.02. The summed E-state index contributed by atoms with van der Waals surface area (Å²) in [5.74, 6) is -1.35. The van der Waals surface area contributed by atoms with Gasteiger partial charge in [-0.1, -0.05) is 23.8 Å². The maximum absolute atomic E-state index is 13.2. The summed E-state index contributed by atoms with van der Waals surface area (Å²) >= 11 is 0. The summed E-state index contributed by atoms with van der Waals surface area (Å²) in [4.78, 5) is 39.3. The average Bonchev–Trinajstić information content (AvgIpc) is 3.12. The van der Waals surface area contributed by atoms with E-state index in [2.05, 4.69) is 11.4 Å². The minimum atomic E-state index is -0.748. The average molecular weight is 413 g/mol. The van der Waals surface area contributed by atoms with Crippen molar-refractivity contribution in [3.63, 3.8) is 0 Å². The van der Waals surface area contributed by atoms with Crippen molar-refractivity contribution in [3.05, 3.63) is 88.2 Å². The minimum Gasteiger partial charge on any atom is -0.317 e. The van der Waals surface area contributed by atoms with E-state index in [1.54, 1.807) is 12.1 Å². The monoisotopic (exact) mass is 413 g/mol. The van der Waals surface area contributed by atoms with Crippen molar-refractivity contribution in [1.82, 2.24) is 9.88 Å². The zero-order valence-corrected chi connectivity index (χ0v) is 17.9. The molecule has 4 rings (SSSR count). The fraction of sp³-hybridized carbons (Fsp3) is 0.160. The van der Waals surface area contributed by atoms with Crippen LogP contribution in [0.25, 0.3) is 11.8 Å². The number of carbonyl (C=O) groups excluding carboxylic acids is 3. The van der Waals surface area contributed by atoms with E-state index >= 15 is 0 Å². The molecule has 0 atom stereocenters. The number of anilines is 1. The fourth-order valence-corrected chi connectivity index (χ4v) is 3.93. The van der Waals surface area contributed by atoms with E-state index in [1.807, 2.05) is 68.8 Å². The van der Waals surface area contributed by atoms with Crippen molar-refractivity contribution < 1.29 is 14.4 Å². The van der Waals surface area contributed by atoms with Crippen LogP contribution in [0.5, 0.6) is 0 Å². The molecule has 1 fully saturated rings. The van der Waals surface area contributed by atoms with Gasteiger partial charge in [0, 0.05) is 17.6 Å². The number of nitrogens with zero attached hydrogens (tertiary/aromatic N) is 2. The lowest BCUT2D eigenvalue weighted by atomic mass is 10.1. The Kier molecular flexibility index (Phi) is 5.07. The van der Waals surface area contributed by atoms with E-state index in [0.29, 0.717) is 11.4 Å². The molecule has 0 saturated carbocycles. The van der Waals surface area contributed by atoms with Crippen molar-refractivity contribution >= 4 is 29.6 Å². The van der Waals surface area contributed by atoms with Gasteiger partial charge in [0.25, 0.3) is 11.8 Å². The van der Waals surface area contributed by atoms with E-state index in [4.69, 9.17) is 0 Å². The van der Waals surface area contributed by atoms with Crippen molar-refractivity contribution in [3.8, 4) is 5.69 Å². The minimum absolute atomic E-state index is 0.0940. The largest absolute Gasteiger partial charge is 0.335 e. The Balaban J connectivity index is 1.78. The van der Waals surface area contributed by atoms with Crippen LogP contribution in [0, 0.1) is 27.7 Å². The molecule has 1 saturated heterocycles. The van der Waals surface area contributed by atoms with Gasteiger partial charge in [-0.25, -0.2) is 9.69 Å². The van der Waals surface area contributed by atoms with Crippen LogP contribution in [0.4, 0.5) is 10.5 Å². The molecule has 0 aliphatic carbocycles. The predicted molar refractivity (Wildman–Crippen MR) is 120 cm³/mol. The quantitative estimate of drug-likeness (QED) is 0.512. The molecule has 0 unspecified atom stereocenters. The zero-order valence-electron chi connectivity index (χ0n) is 17.9. The summed E-state index contributed by atoms with van der Waals surface area (Å²) in [6.45, 7) is 7.82. The highest BCUT2D eigenvalue weighted by atomic mass is 16.2. The van der Waals surface area contributed by atoms with Crippen molar-refractivity contribution in [2.24, 2.45) is 0 Å². The number of rotatable bonds is 3. The van der Waals surface area contributed by atoms with Crippen LogP contribution in [-0.4, -0.2) is 22.4 Å². The standard InChI is InChI=1S/C25H23N3O3/c1-15-7-8-22(18(4)11-15)27-9-5-6-19(27)14-21-23(29)26-25(31)28(24(21)30)20-12-16(2)10-17(3)13-20/h5-14H,1-4H3,(H,26,29,31)/b21-14+. The number of aryl methyl sites for hydroxylation is 4. The van der Waals surface area contributed by atoms with E-state index in [-0.39, 0.29) is 5.57 Å². The SMILES string of the molecule is Cc1cc(C)cc(N2C(=O)NC(=O)/C(=C\c3cccn3-c3ccc(C)cc3C)C2=O)c1. The number of barbiturate groups is 1. The molecule has 1 aliphatic rings. The summed E-state index contributed by atoms with van der Waals surface area (Å²) in [7, 11) is 0. The van der Waals surface area contributed by atoms with Crippen LogP contribution in [-0.2, 0) is 9.59 Å². The molecule has 4 amide bonds.